The molecule has 0 saturated carbocycles. The molecule has 5 heteroatoms. The first kappa shape index (κ1) is 17.8. The van der Waals surface area contributed by atoms with Gasteiger partial charge in [0.15, 0.2) is 10.9 Å². The van der Waals surface area contributed by atoms with Gasteiger partial charge in [0.05, 0.1) is 6.04 Å². The Kier molecular flexibility index (Phi) is 5.35. The van der Waals surface area contributed by atoms with E-state index < -0.39 is 0 Å². The third-order valence-electron chi connectivity index (χ3n) is 4.40. The summed E-state index contributed by atoms with van der Waals surface area (Å²) in [5, 5.41) is 4.00. The minimum Gasteiger partial charge on any atom is -0.351 e. The SMILES string of the molecule is CCN1C(=S)NC(c2ccc(Br)cc2)C(C(=O)c2ccccc2)=C1C. The maximum absolute atomic E-state index is 13.3. The molecule has 1 aliphatic heterocycles. The lowest BCUT2D eigenvalue weighted by Crippen LogP contribution is -2.47. The average molecular weight is 415 g/mol. The van der Waals surface area contributed by atoms with Crippen LogP contribution in [0.15, 0.2) is 70.3 Å². The maximum Gasteiger partial charge on any atom is 0.193 e. The molecule has 1 aliphatic rings. The third kappa shape index (κ3) is 3.53. The van der Waals surface area contributed by atoms with E-state index in [1.165, 1.54) is 0 Å². The molecule has 1 heterocycles. The fraction of sp³-hybridized carbons (Fsp3) is 0.200. The highest BCUT2D eigenvalue weighted by Gasteiger charge is 2.33. The molecule has 2 aromatic carbocycles. The number of hydrogen-bond acceptors (Lipinski definition) is 2. The van der Waals surface area contributed by atoms with Crippen LogP contribution < -0.4 is 5.32 Å². The van der Waals surface area contributed by atoms with E-state index in [2.05, 4.69) is 21.2 Å². The van der Waals surface area contributed by atoms with Gasteiger partial charge in [0.2, 0.25) is 0 Å². The highest BCUT2D eigenvalue weighted by molar-refractivity contribution is 9.10. The van der Waals surface area contributed by atoms with Crippen molar-refractivity contribution in [3.05, 3.63) is 81.5 Å². The van der Waals surface area contributed by atoms with Crippen LogP contribution in [-0.4, -0.2) is 22.3 Å². The van der Waals surface area contributed by atoms with Crippen molar-refractivity contribution < 1.29 is 4.79 Å². The van der Waals surface area contributed by atoms with Gasteiger partial charge in [-0.25, -0.2) is 0 Å². The van der Waals surface area contributed by atoms with E-state index >= 15 is 0 Å². The lowest BCUT2D eigenvalue weighted by molar-refractivity contribution is 0.102. The number of carbonyl (C=O) groups excluding carboxylic acids is 1. The molecule has 2 aromatic rings. The number of halogens is 1. The van der Waals surface area contributed by atoms with Gasteiger partial charge in [0.1, 0.15) is 0 Å². The van der Waals surface area contributed by atoms with Crippen LogP contribution in [0.25, 0.3) is 0 Å². The molecular formula is C20H19BrN2OS. The van der Waals surface area contributed by atoms with Crippen LogP contribution in [-0.2, 0) is 0 Å². The zero-order chi connectivity index (χ0) is 18.0. The number of thiocarbonyl (C=S) groups is 1. The molecule has 1 unspecified atom stereocenters. The standard InChI is InChI=1S/C20H19BrN2OS/c1-3-23-13(2)17(19(24)15-7-5-4-6-8-15)18(22-20(23)25)14-9-11-16(21)12-10-14/h4-12,18H,3H2,1-2H3,(H,22,25). The molecule has 0 radical (unpaired) electrons. The van der Waals surface area contributed by atoms with Crippen molar-refractivity contribution in [1.82, 2.24) is 10.2 Å². The summed E-state index contributed by atoms with van der Waals surface area (Å²) in [5.74, 6) is 0.0273. The van der Waals surface area contributed by atoms with Gasteiger partial charge < -0.3 is 10.2 Å². The number of Topliss-reactive ketones (excluding diaryl/α,β-unsaturated/α-hetero) is 1. The van der Waals surface area contributed by atoms with Gasteiger partial charge in [-0.15, -0.1) is 0 Å². The van der Waals surface area contributed by atoms with E-state index in [1.54, 1.807) is 0 Å². The second-order valence-corrected chi connectivity index (χ2v) is 7.17. The molecule has 128 valence electrons. The van der Waals surface area contributed by atoms with Crippen LogP contribution >= 0.6 is 28.1 Å². The number of nitrogens with zero attached hydrogens (tertiary/aromatic N) is 1. The Morgan fingerprint density at radius 3 is 2.40 bits per heavy atom. The first-order valence-electron chi connectivity index (χ1n) is 8.17. The van der Waals surface area contributed by atoms with Crippen LogP contribution in [0, 0.1) is 0 Å². The van der Waals surface area contributed by atoms with Gasteiger partial charge in [-0.1, -0.05) is 58.4 Å². The second-order valence-electron chi connectivity index (χ2n) is 5.87. The number of allylic oxidation sites excluding steroid dienone is 1. The van der Waals surface area contributed by atoms with Crippen molar-refractivity contribution >= 4 is 39.0 Å². The zero-order valence-electron chi connectivity index (χ0n) is 14.1. The van der Waals surface area contributed by atoms with E-state index in [0.717, 1.165) is 27.9 Å². The Labute approximate surface area is 161 Å². The quantitative estimate of drug-likeness (QED) is 0.571. The molecule has 3 nitrogen and oxygen atoms in total. The number of rotatable bonds is 4. The summed E-state index contributed by atoms with van der Waals surface area (Å²) in [7, 11) is 0. The molecule has 3 rings (SSSR count). The normalized spacial score (nSPS) is 17.5. The molecule has 0 saturated heterocycles. The van der Waals surface area contributed by atoms with Crippen LogP contribution in [0.3, 0.4) is 0 Å². The van der Waals surface area contributed by atoms with Gasteiger partial charge in [-0.05, 0) is 43.8 Å². The van der Waals surface area contributed by atoms with Crippen LogP contribution in [0.1, 0.15) is 35.8 Å². The predicted octanol–water partition coefficient (Wildman–Crippen LogP) is 4.86. The molecule has 25 heavy (non-hydrogen) atoms. The fourth-order valence-corrected chi connectivity index (χ4v) is 3.75. The van der Waals surface area contributed by atoms with Gasteiger partial charge in [0.25, 0.3) is 0 Å². The Bertz CT molecular complexity index is 831. The average Bonchev–Trinajstić information content (AvgIpc) is 2.62. The van der Waals surface area contributed by atoms with Crippen LogP contribution in [0.2, 0.25) is 0 Å². The van der Waals surface area contributed by atoms with Crippen molar-refractivity contribution in [2.75, 3.05) is 6.54 Å². The number of nitrogens with one attached hydrogen (secondary N) is 1. The molecule has 1 atom stereocenters. The summed E-state index contributed by atoms with van der Waals surface area (Å²) in [6, 6.07) is 17.1. The minimum absolute atomic E-state index is 0.0273. The number of benzene rings is 2. The summed E-state index contributed by atoms with van der Waals surface area (Å²) in [6.07, 6.45) is 0. The van der Waals surface area contributed by atoms with E-state index in [9.17, 15) is 4.79 Å². The lowest BCUT2D eigenvalue weighted by Gasteiger charge is -2.37. The Hall–Kier alpha value is -1.98. The van der Waals surface area contributed by atoms with Crippen molar-refractivity contribution in [3.63, 3.8) is 0 Å². The molecule has 0 aliphatic carbocycles. The summed E-state index contributed by atoms with van der Waals surface area (Å²) in [6.45, 7) is 4.72. The van der Waals surface area contributed by atoms with Gasteiger partial charge in [-0.2, -0.15) is 0 Å². The molecule has 0 fully saturated rings. The number of carbonyl (C=O) groups is 1. The molecule has 0 spiro atoms. The Morgan fingerprint density at radius 2 is 1.80 bits per heavy atom. The maximum atomic E-state index is 13.3. The molecule has 0 aromatic heterocycles. The summed E-state index contributed by atoms with van der Waals surface area (Å²) >= 11 is 8.98. The Balaban J connectivity index is 2.12. The van der Waals surface area contributed by atoms with Crippen LogP contribution in [0.5, 0.6) is 0 Å². The zero-order valence-corrected chi connectivity index (χ0v) is 16.5. The molecular weight excluding hydrogens is 396 g/mol. The van der Waals surface area contributed by atoms with Crippen molar-refractivity contribution in [1.29, 1.82) is 0 Å². The van der Waals surface area contributed by atoms with E-state index in [4.69, 9.17) is 12.2 Å². The Morgan fingerprint density at radius 1 is 1.16 bits per heavy atom. The largest absolute Gasteiger partial charge is 0.351 e. The van der Waals surface area contributed by atoms with Gasteiger partial charge >= 0.3 is 0 Å². The number of hydrogen-bond donors (Lipinski definition) is 1. The highest BCUT2D eigenvalue weighted by Crippen LogP contribution is 2.33. The van der Waals surface area contributed by atoms with Crippen molar-refractivity contribution in [3.8, 4) is 0 Å². The molecule has 0 amide bonds. The summed E-state index contributed by atoms with van der Waals surface area (Å²) in [5.41, 5.74) is 3.35. The smallest absolute Gasteiger partial charge is 0.193 e. The van der Waals surface area contributed by atoms with E-state index in [0.29, 0.717) is 10.7 Å². The lowest BCUT2D eigenvalue weighted by atomic mass is 9.89. The van der Waals surface area contributed by atoms with Crippen molar-refractivity contribution in [2.45, 2.75) is 19.9 Å². The number of ketones is 1. The summed E-state index contributed by atoms with van der Waals surface area (Å²) in [4.78, 5) is 15.2. The highest BCUT2D eigenvalue weighted by atomic mass is 79.9. The monoisotopic (exact) mass is 414 g/mol. The topological polar surface area (TPSA) is 32.3 Å². The predicted molar refractivity (Wildman–Crippen MR) is 108 cm³/mol. The third-order valence-corrected chi connectivity index (χ3v) is 5.26. The fourth-order valence-electron chi connectivity index (χ4n) is 3.11. The second kappa shape index (κ2) is 7.50. The molecule has 1 N–H and O–H groups in total. The molecule has 0 bridgehead atoms. The summed E-state index contributed by atoms with van der Waals surface area (Å²) < 4.78 is 1.00. The van der Waals surface area contributed by atoms with Crippen molar-refractivity contribution in [2.24, 2.45) is 0 Å². The van der Waals surface area contributed by atoms with E-state index in [-0.39, 0.29) is 11.8 Å². The minimum atomic E-state index is -0.254. The van der Waals surface area contributed by atoms with Crippen LogP contribution in [0.4, 0.5) is 0 Å². The first-order valence-corrected chi connectivity index (χ1v) is 9.37. The first-order chi connectivity index (χ1) is 12.0. The van der Waals surface area contributed by atoms with Gasteiger partial charge in [0, 0.05) is 27.9 Å². The van der Waals surface area contributed by atoms with Gasteiger partial charge in [-0.3, -0.25) is 4.79 Å². The van der Waals surface area contributed by atoms with E-state index in [1.807, 2.05) is 73.3 Å².